The lowest BCUT2D eigenvalue weighted by atomic mass is 9.97. The van der Waals surface area contributed by atoms with Gasteiger partial charge in [0.1, 0.15) is 0 Å². The molecule has 1 fully saturated rings. The summed E-state index contributed by atoms with van der Waals surface area (Å²) in [5.41, 5.74) is -0.515. The molecule has 4 rings (SSSR count). The van der Waals surface area contributed by atoms with Gasteiger partial charge in [-0.25, -0.2) is 21.1 Å². The van der Waals surface area contributed by atoms with Crippen molar-refractivity contribution in [1.29, 1.82) is 0 Å². The van der Waals surface area contributed by atoms with Crippen LogP contribution < -0.4 is 10.0 Å². The normalized spacial score (nSPS) is 15.4. The number of alkyl halides is 3. The van der Waals surface area contributed by atoms with E-state index in [-0.39, 0.29) is 53.2 Å². The summed E-state index contributed by atoms with van der Waals surface area (Å²) in [5.74, 6) is -1.11. The number of nitrogens with zero attached hydrogens (tertiary/aromatic N) is 1. The number of rotatable bonds is 8. The Bertz CT molecular complexity index is 1640. The molecule has 0 spiro atoms. The van der Waals surface area contributed by atoms with Gasteiger partial charge >= 0.3 is 6.18 Å². The fourth-order valence-electron chi connectivity index (χ4n) is 4.26. The van der Waals surface area contributed by atoms with E-state index in [0.29, 0.717) is 22.3 Å². The molecule has 1 aliphatic heterocycles. The van der Waals surface area contributed by atoms with Crippen LogP contribution in [0.5, 0.6) is 0 Å². The first-order valence-corrected chi connectivity index (χ1v) is 16.0. The van der Waals surface area contributed by atoms with E-state index in [4.69, 9.17) is 23.2 Å². The van der Waals surface area contributed by atoms with Crippen molar-refractivity contribution >= 4 is 60.5 Å². The van der Waals surface area contributed by atoms with Crippen LogP contribution in [0.2, 0.25) is 10.0 Å². The van der Waals surface area contributed by atoms with Crippen molar-refractivity contribution in [3.63, 3.8) is 0 Å². The molecule has 1 saturated heterocycles. The smallest absolute Gasteiger partial charge is 0.326 e. The number of sulfonamides is 2. The molecule has 1 aliphatic rings. The monoisotopic (exact) mass is 649 g/mol. The van der Waals surface area contributed by atoms with Crippen molar-refractivity contribution in [2.24, 2.45) is 5.92 Å². The number of carbonyl (C=O) groups excluding carboxylic acids is 1. The standard InChI is InChI=1S/C26H24Cl2F3N3O5S2/c27-20-5-4-18(24(28)15-20)16-40(36,37)34-12-10-17(11-13-34)25(35)32-21-6-8-23(9-7-21)41(38,39)33-22-3-1-2-19(14-22)26(29,30)31/h1-9,14-15,17,33H,10-13,16H2,(H,32,35). The summed E-state index contributed by atoms with van der Waals surface area (Å²) in [5, 5.41) is 3.34. The number of halogens is 5. The molecule has 1 heterocycles. The van der Waals surface area contributed by atoms with Gasteiger partial charge in [-0.3, -0.25) is 9.52 Å². The Morgan fingerprint density at radius 1 is 0.902 bits per heavy atom. The highest BCUT2D eigenvalue weighted by Crippen LogP contribution is 2.31. The average Bonchev–Trinajstić information content (AvgIpc) is 2.90. The third-order valence-electron chi connectivity index (χ3n) is 6.45. The van der Waals surface area contributed by atoms with Gasteiger partial charge in [0.25, 0.3) is 10.0 Å². The molecule has 2 N–H and O–H groups in total. The Morgan fingerprint density at radius 3 is 2.17 bits per heavy atom. The average molecular weight is 651 g/mol. The second kappa shape index (κ2) is 12.2. The van der Waals surface area contributed by atoms with Crippen LogP contribution in [0.15, 0.2) is 71.6 Å². The summed E-state index contributed by atoms with van der Waals surface area (Å²) >= 11 is 12.0. The summed E-state index contributed by atoms with van der Waals surface area (Å²) in [6.07, 6.45) is -4.06. The number of hydrogen-bond acceptors (Lipinski definition) is 5. The van der Waals surface area contributed by atoms with Crippen LogP contribution in [0, 0.1) is 5.92 Å². The van der Waals surface area contributed by atoms with E-state index in [0.717, 1.165) is 12.1 Å². The van der Waals surface area contributed by atoms with Crippen molar-refractivity contribution in [3.8, 4) is 0 Å². The van der Waals surface area contributed by atoms with E-state index in [9.17, 15) is 34.8 Å². The third kappa shape index (κ3) is 7.92. The highest BCUT2D eigenvalue weighted by atomic mass is 35.5. The van der Waals surface area contributed by atoms with E-state index in [2.05, 4.69) is 10.0 Å². The lowest BCUT2D eigenvalue weighted by Crippen LogP contribution is -2.41. The van der Waals surface area contributed by atoms with Gasteiger partial charge in [-0.2, -0.15) is 13.2 Å². The first-order chi connectivity index (χ1) is 19.1. The number of amides is 1. The summed E-state index contributed by atoms with van der Waals surface area (Å²) in [4.78, 5) is 12.6. The molecule has 1 amide bonds. The zero-order chi connectivity index (χ0) is 30.0. The molecule has 0 atom stereocenters. The van der Waals surface area contributed by atoms with Crippen molar-refractivity contribution in [1.82, 2.24) is 4.31 Å². The number of anilines is 2. The second-order valence-electron chi connectivity index (χ2n) is 9.36. The van der Waals surface area contributed by atoms with Gasteiger partial charge in [0.05, 0.1) is 16.2 Å². The van der Waals surface area contributed by atoms with Gasteiger partial charge in [-0.05, 0) is 73.0 Å². The van der Waals surface area contributed by atoms with Crippen molar-refractivity contribution in [2.45, 2.75) is 29.7 Å². The summed E-state index contributed by atoms with van der Waals surface area (Å²) in [7, 11) is -7.87. The molecule has 3 aromatic rings. The predicted octanol–water partition coefficient (Wildman–Crippen LogP) is 5.99. The van der Waals surface area contributed by atoms with Gasteiger partial charge in [0.15, 0.2) is 0 Å². The summed E-state index contributed by atoms with van der Waals surface area (Å²) in [6, 6.07) is 13.5. The first kappa shape index (κ1) is 31.1. The maximum atomic E-state index is 12.9. The zero-order valence-corrected chi connectivity index (χ0v) is 24.3. The number of benzene rings is 3. The topological polar surface area (TPSA) is 113 Å². The Hall–Kier alpha value is -2.84. The van der Waals surface area contributed by atoms with Crippen molar-refractivity contribution < 1.29 is 34.8 Å². The lowest BCUT2D eigenvalue weighted by molar-refractivity contribution is -0.137. The van der Waals surface area contributed by atoms with Crippen LogP contribution in [0.25, 0.3) is 0 Å². The minimum Gasteiger partial charge on any atom is -0.326 e. The first-order valence-electron chi connectivity index (χ1n) is 12.2. The predicted molar refractivity (Wildman–Crippen MR) is 151 cm³/mol. The number of hydrogen-bond donors (Lipinski definition) is 2. The molecule has 0 aliphatic carbocycles. The molecule has 0 saturated carbocycles. The SMILES string of the molecule is O=C(Nc1ccc(S(=O)(=O)Nc2cccc(C(F)(F)F)c2)cc1)C1CCN(S(=O)(=O)Cc2ccc(Cl)cc2Cl)CC1. The largest absolute Gasteiger partial charge is 0.416 e. The van der Waals surface area contributed by atoms with Crippen LogP contribution >= 0.6 is 23.2 Å². The number of nitrogens with one attached hydrogen (secondary N) is 2. The maximum absolute atomic E-state index is 12.9. The van der Waals surface area contributed by atoms with E-state index >= 15 is 0 Å². The van der Waals surface area contributed by atoms with Crippen LogP contribution in [0.3, 0.4) is 0 Å². The molecule has 220 valence electrons. The van der Waals surface area contributed by atoms with E-state index in [1.165, 1.54) is 40.7 Å². The third-order valence-corrected chi connectivity index (χ3v) is 10.3. The summed E-state index contributed by atoms with van der Waals surface area (Å²) < 4.78 is 93.3. The van der Waals surface area contributed by atoms with Crippen LogP contribution in [-0.2, 0) is 36.8 Å². The number of piperidine rings is 1. The molecule has 0 bridgehead atoms. The fraction of sp³-hybridized carbons (Fsp3) is 0.269. The van der Waals surface area contributed by atoms with Crippen LogP contribution in [-0.4, -0.2) is 40.1 Å². The Balaban J connectivity index is 1.33. The molecule has 0 unspecified atom stereocenters. The minimum atomic E-state index is -4.63. The van der Waals surface area contributed by atoms with E-state index in [1.807, 2.05) is 0 Å². The van der Waals surface area contributed by atoms with E-state index < -0.39 is 37.7 Å². The lowest BCUT2D eigenvalue weighted by Gasteiger charge is -2.30. The minimum absolute atomic E-state index is 0.143. The van der Waals surface area contributed by atoms with Gasteiger partial charge < -0.3 is 5.32 Å². The molecule has 15 heteroatoms. The van der Waals surface area contributed by atoms with Gasteiger partial charge in [-0.15, -0.1) is 0 Å². The maximum Gasteiger partial charge on any atom is 0.416 e. The van der Waals surface area contributed by atoms with Crippen molar-refractivity contribution in [3.05, 3.63) is 87.9 Å². The highest BCUT2D eigenvalue weighted by Gasteiger charge is 2.32. The molecule has 41 heavy (non-hydrogen) atoms. The molecular weight excluding hydrogens is 626 g/mol. The number of carbonyl (C=O) groups is 1. The molecule has 8 nitrogen and oxygen atoms in total. The van der Waals surface area contributed by atoms with Gasteiger partial charge in [-0.1, -0.05) is 35.3 Å². The van der Waals surface area contributed by atoms with Crippen molar-refractivity contribution in [2.75, 3.05) is 23.1 Å². The Kier molecular flexibility index (Phi) is 9.24. The van der Waals surface area contributed by atoms with Crippen LogP contribution in [0.4, 0.5) is 24.5 Å². The Labute approximate surface area is 245 Å². The summed E-state index contributed by atoms with van der Waals surface area (Å²) in [6.45, 7) is 0.286. The zero-order valence-electron chi connectivity index (χ0n) is 21.2. The molecule has 0 aromatic heterocycles. The molecule has 3 aromatic carbocycles. The quantitative estimate of drug-likeness (QED) is 0.311. The van der Waals surface area contributed by atoms with Crippen LogP contribution in [0.1, 0.15) is 24.0 Å². The highest BCUT2D eigenvalue weighted by molar-refractivity contribution is 7.92. The van der Waals surface area contributed by atoms with Gasteiger partial charge in [0, 0.05) is 40.4 Å². The van der Waals surface area contributed by atoms with E-state index in [1.54, 1.807) is 12.1 Å². The Morgan fingerprint density at radius 2 is 1.56 bits per heavy atom. The molecular formula is C26H24Cl2F3N3O5S2. The molecule has 0 radical (unpaired) electrons. The van der Waals surface area contributed by atoms with Gasteiger partial charge in [0.2, 0.25) is 15.9 Å². The second-order valence-corrected chi connectivity index (χ2v) is 13.9. The fourth-order valence-corrected chi connectivity index (χ4v) is 7.46.